The smallest absolute Gasteiger partial charge is 0.414 e. The first kappa shape index (κ1) is 26.5. The van der Waals surface area contributed by atoms with Crippen molar-refractivity contribution in [2.24, 2.45) is 0 Å². The molecule has 1 amide bonds. The van der Waals surface area contributed by atoms with Crippen LogP contribution in [0.25, 0.3) is 0 Å². The van der Waals surface area contributed by atoms with Crippen LogP contribution in [0.2, 0.25) is 6.82 Å². The molecule has 1 unspecified atom stereocenters. The topological polar surface area (TPSA) is 71.6 Å². The number of Topliss-reactive ketones (excluding diaryl/α,β-unsaturated/α-hetero) is 1. The predicted octanol–water partition coefficient (Wildman–Crippen LogP) is 3.47. The van der Waals surface area contributed by atoms with Crippen LogP contribution < -0.4 is 20.0 Å². The van der Waals surface area contributed by atoms with Crippen LogP contribution in [0.3, 0.4) is 0 Å². The number of hydrogen-bond acceptors (Lipinski definition) is 7. The summed E-state index contributed by atoms with van der Waals surface area (Å²) in [5, 5.41) is 0. The highest BCUT2D eigenvalue weighted by molar-refractivity contribution is 6.67. The fourth-order valence-electron chi connectivity index (χ4n) is 5.33. The first-order valence-corrected chi connectivity index (χ1v) is 13.5. The van der Waals surface area contributed by atoms with E-state index in [2.05, 4.69) is 28.8 Å². The monoisotopic (exact) mass is 523 g/mol. The summed E-state index contributed by atoms with van der Waals surface area (Å²) in [5.41, 5.74) is 3.48. The Morgan fingerprint density at radius 2 is 1.97 bits per heavy atom. The van der Waals surface area contributed by atoms with E-state index in [1.54, 1.807) is 12.1 Å². The molecule has 2 saturated heterocycles. The molecular weight excluding hydrogens is 488 g/mol. The third-order valence-corrected chi connectivity index (χ3v) is 7.58. The molecule has 8 nitrogen and oxygen atoms in total. The van der Waals surface area contributed by atoms with Gasteiger partial charge in [0.1, 0.15) is 23.5 Å². The molecule has 0 spiro atoms. The average Bonchev–Trinajstić information content (AvgIpc) is 3.47. The molecular formula is C28H35BFN3O5. The van der Waals surface area contributed by atoms with E-state index in [0.29, 0.717) is 44.0 Å². The number of carbonyl (C=O) groups is 2. The zero-order chi connectivity index (χ0) is 26.6. The fourth-order valence-corrected chi connectivity index (χ4v) is 5.33. The number of halogens is 1. The number of benzene rings is 2. The third-order valence-electron chi connectivity index (χ3n) is 7.58. The van der Waals surface area contributed by atoms with Gasteiger partial charge >= 0.3 is 13.0 Å². The summed E-state index contributed by atoms with van der Waals surface area (Å²) in [6, 6.07) is 11.1. The first-order chi connectivity index (χ1) is 18.4. The number of piperazine rings is 1. The standard InChI is InChI=1S/C28H35BFN3O5/c1-20(34)4-7-24-18-33(28(35)38-24)22-6-9-27(26(30)16-22)32-13-11-31(12-14-32)10-3-15-36-23-8-5-21-19-37-29(2)25(21)17-23/h5-6,8-9,16-17,24H,3-4,7,10-15,18-19H2,1-2H3. The molecule has 2 fully saturated rings. The Morgan fingerprint density at radius 1 is 1.16 bits per heavy atom. The van der Waals surface area contributed by atoms with Crippen LogP contribution >= 0.6 is 0 Å². The van der Waals surface area contributed by atoms with Crippen LogP contribution in [0, 0.1) is 5.82 Å². The van der Waals surface area contributed by atoms with Gasteiger partial charge in [0, 0.05) is 39.1 Å². The highest BCUT2D eigenvalue weighted by atomic mass is 19.1. The predicted molar refractivity (Wildman–Crippen MR) is 145 cm³/mol. The molecule has 0 aliphatic carbocycles. The van der Waals surface area contributed by atoms with E-state index < -0.39 is 6.09 Å². The van der Waals surface area contributed by atoms with Crippen LogP contribution in [-0.2, 0) is 20.8 Å². The van der Waals surface area contributed by atoms with Crippen LogP contribution in [0.15, 0.2) is 36.4 Å². The summed E-state index contributed by atoms with van der Waals surface area (Å²) in [6.45, 7) is 9.46. The van der Waals surface area contributed by atoms with Gasteiger partial charge in [0.05, 0.1) is 31.1 Å². The number of amides is 1. The molecule has 1 atom stereocenters. The van der Waals surface area contributed by atoms with Gasteiger partial charge in [-0.1, -0.05) is 12.9 Å². The van der Waals surface area contributed by atoms with Crippen molar-refractivity contribution in [3.8, 4) is 5.75 Å². The number of anilines is 2. The van der Waals surface area contributed by atoms with Gasteiger partial charge in [0.2, 0.25) is 0 Å². The Balaban J connectivity index is 1.06. The summed E-state index contributed by atoms with van der Waals surface area (Å²) in [7, 11) is 0. The van der Waals surface area contributed by atoms with Crippen LogP contribution in [0.5, 0.6) is 5.75 Å². The Kier molecular flexibility index (Phi) is 8.19. The lowest BCUT2D eigenvalue weighted by atomic mass is 9.64. The van der Waals surface area contributed by atoms with Gasteiger partial charge < -0.3 is 23.8 Å². The Morgan fingerprint density at radius 3 is 2.74 bits per heavy atom. The number of fused-ring (bicyclic) bond motifs is 1. The normalized spacial score (nSPS) is 19.6. The Hall–Kier alpha value is -3.11. The molecule has 3 aliphatic heterocycles. The molecule has 2 aromatic rings. The van der Waals surface area contributed by atoms with E-state index in [1.165, 1.54) is 28.9 Å². The van der Waals surface area contributed by atoms with Gasteiger partial charge in [0.15, 0.2) is 0 Å². The van der Waals surface area contributed by atoms with Gasteiger partial charge in [-0.15, -0.1) is 0 Å². The molecule has 0 aromatic heterocycles. The number of carbonyl (C=O) groups excluding carboxylic acids is 2. The van der Waals surface area contributed by atoms with Crippen molar-refractivity contribution in [3.63, 3.8) is 0 Å². The first-order valence-electron chi connectivity index (χ1n) is 13.5. The largest absolute Gasteiger partial charge is 0.494 e. The van der Waals surface area contributed by atoms with Crippen LogP contribution in [0.1, 0.15) is 31.7 Å². The van der Waals surface area contributed by atoms with Crippen LogP contribution in [-0.4, -0.2) is 75.7 Å². The molecule has 0 saturated carbocycles. The minimum atomic E-state index is -0.497. The molecule has 0 radical (unpaired) electrons. The second kappa shape index (κ2) is 11.7. The number of ether oxygens (including phenoxy) is 2. The van der Waals surface area contributed by atoms with Gasteiger partial charge in [-0.05, 0) is 61.1 Å². The second-order valence-corrected chi connectivity index (χ2v) is 10.3. The van der Waals surface area contributed by atoms with E-state index in [4.69, 9.17) is 14.1 Å². The number of hydrogen-bond donors (Lipinski definition) is 0. The van der Waals surface area contributed by atoms with Crippen molar-refractivity contribution >= 4 is 35.6 Å². The second-order valence-electron chi connectivity index (χ2n) is 10.3. The number of nitrogens with zero attached hydrogens (tertiary/aromatic N) is 3. The van der Waals surface area contributed by atoms with Gasteiger partial charge in [-0.25, -0.2) is 9.18 Å². The van der Waals surface area contributed by atoms with Crippen molar-refractivity contribution in [2.45, 2.75) is 45.7 Å². The molecule has 10 heteroatoms. The zero-order valence-electron chi connectivity index (χ0n) is 22.2. The lowest BCUT2D eigenvalue weighted by Gasteiger charge is -2.36. The van der Waals surface area contributed by atoms with Crippen LogP contribution in [0.4, 0.5) is 20.6 Å². The summed E-state index contributed by atoms with van der Waals surface area (Å²) in [6.07, 6.45) is 0.924. The molecule has 0 bridgehead atoms. The van der Waals surface area contributed by atoms with Gasteiger partial charge in [0.25, 0.3) is 0 Å². The molecule has 0 N–H and O–H groups in total. The molecule has 3 aliphatic rings. The fraction of sp³-hybridized carbons (Fsp3) is 0.500. The van der Waals surface area contributed by atoms with E-state index in [9.17, 15) is 9.59 Å². The minimum absolute atomic E-state index is 0.0590. The van der Waals surface area contributed by atoms with E-state index in [1.807, 2.05) is 6.07 Å². The lowest BCUT2D eigenvalue weighted by molar-refractivity contribution is -0.117. The minimum Gasteiger partial charge on any atom is -0.494 e. The Labute approximate surface area is 223 Å². The van der Waals surface area contributed by atoms with E-state index in [-0.39, 0.29) is 24.6 Å². The molecule has 3 heterocycles. The SMILES string of the molecule is CB1OCc2ccc(OCCCN3CCN(c4ccc(N5CC(CCC(C)=O)OC5=O)cc4F)CC3)cc21. The van der Waals surface area contributed by atoms with Gasteiger partial charge in [-0.3, -0.25) is 9.80 Å². The quantitative estimate of drug-likeness (QED) is 0.349. The maximum atomic E-state index is 15.1. The molecule has 202 valence electrons. The van der Waals surface area contributed by atoms with Crippen molar-refractivity contribution in [1.82, 2.24) is 4.90 Å². The summed E-state index contributed by atoms with van der Waals surface area (Å²) in [5.74, 6) is 0.598. The van der Waals surface area contributed by atoms with Crippen molar-refractivity contribution < 1.29 is 28.1 Å². The summed E-state index contributed by atoms with van der Waals surface area (Å²) < 4.78 is 32.1. The molecule has 5 rings (SSSR count). The Bertz CT molecular complexity index is 1170. The third kappa shape index (κ3) is 6.13. The van der Waals surface area contributed by atoms with Crippen molar-refractivity contribution in [3.05, 3.63) is 47.8 Å². The van der Waals surface area contributed by atoms with E-state index >= 15 is 4.39 Å². The average molecular weight is 523 g/mol. The van der Waals surface area contributed by atoms with Crippen molar-refractivity contribution in [2.75, 3.05) is 55.7 Å². The lowest BCUT2D eigenvalue weighted by Crippen LogP contribution is -2.47. The summed E-state index contributed by atoms with van der Waals surface area (Å²) >= 11 is 0. The highest BCUT2D eigenvalue weighted by Gasteiger charge is 2.33. The number of rotatable bonds is 10. The van der Waals surface area contributed by atoms with Crippen molar-refractivity contribution in [1.29, 1.82) is 0 Å². The van der Waals surface area contributed by atoms with Gasteiger partial charge in [-0.2, -0.15) is 0 Å². The highest BCUT2D eigenvalue weighted by Crippen LogP contribution is 2.29. The summed E-state index contributed by atoms with van der Waals surface area (Å²) in [4.78, 5) is 29.4. The molecule has 38 heavy (non-hydrogen) atoms. The zero-order valence-corrected chi connectivity index (χ0v) is 22.2. The maximum Gasteiger partial charge on any atom is 0.414 e. The molecule has 2 aromatic carbocycles. The number of ketones is 1. The maximum absolute atomic E-state index is 15.1. The number of cyclic esters (lactones) is 1. The van der Waals surface area contributed by atoms with E-state index in [0.717, 1.165) is 44.9 Å².